The molecule has 1 unspecified atom stereocenters. The smallest absolute Gasteiger partial charge is 0.252 e. The van der Waals surface area contributed by atoms with Gasteiger partial charge in [0, 0.05) is 11.0 Å². The number of benzene rings is 1. The third-order valence-electron chi connectivity index (χ3n) is 2.89. The molecule has 1 atom stereocenters. The van der Waals surface area contributed by atoms with E-state index < -0.39 is 0 Å². The van der Waals surface area contributed by atoms with Gasteiger partial charge in [-0.15, -0.1) is 12.4 Å². The number of carbonyl (C=O) groups excluding carboxylic acids is 1. The quantitative estimate of drug-likeness (QED) is 0.877. The van der Waals surface area contributed by atoms with Crippen molar-refractivity contribution in [2.24, 2.45) is 5.92 Å². The lowest BCUT2D eigenvalue weighted by Crippen LogP contribution is -2.30. The van der Waals surface area contributed by atoms with Crippen molar-refractivity contribution in [3.8, 4) is 0 Å². The summed E-state index contributed by atoms with van der Waals surface area (Å²) in [5.74, 6) is 0.433. The minimum absolute atomic E-state index is 0. The van der Waals surface area contributed by atoms with E-state index in [1.165, 1.54) is 0 Å². The Balaban J connectivity index is 0.00000162. The molecule has 0 spiro atoms. The molecule has 6 heteroatoms. The molecule has 100 valence electrons. The summed E-state index contributed by atoms with van der Waals surface area (Å²) < 4.78 is 0.874. The summed E-state index contributed by atoms with van der Waals surface area (Å²) in [6.07, 6.45) is 1.12. The van der Waals surface area contributed by atoms with Crippen LogP contribution >= 0.6 is 39.9 Å². The molecular weight excluding hydrogens is 339 g/mol. The molecule has 1 aromatic rings. The molecule has 1 amide bonds. The number of amides is 1. The van der Waals surface area contributed by atoms with Gasteiger partial charge < -0.3 is 10.6 Å². The highest BCUT2D eigenvalue weighted by Crippen LogP contribution is 2.21. The third-order valence-corrected chi connectivity index (χ3v) is 3.70. The summed E-state index contributed by atoms with van der Waals surface area (Å²) in [5, 5.41) is 6.67. The third kappa shape index (κ3) is 4.12. The Hall–Kier alpha value is -0.290. The maximum Gasteiger partial charge on any atom is 0.252 e. The van der Waals surface area contributed by atoms with Crippen molar-refractivity contribution in [3.05, 3.63) is 33.3 Å². The van der Waals surface area contributed by atoms with E-state index in [4.69, 9.17) is 11.6 Å². The zero-order valence-corrected chi connectivity index (χ0v) is 12.9. The van der Waals surface area contributed by atoms with Gasteiger partial charge in [-0.2, -0.15) is 0 Å². The monoisotopic (exact) mass is 352 g/mol. The van der Waals surface area contributed by atoms with Crippen molar-refractivity contribution < 1.29 is 4.79 Å². The molecule has 2 rings (SSSR count). The van der Waals surface area contributed by atoms with E-state index in [2.05, 4.69) is 26.6 Å². The first-order valence-electron chi connectivity index (χ1n) is 5.61. The Morgan fingerprint density at radius 2 is 2.33 bits per heavy atom. The number of halogens is 3. The normalized spacial score (nSPS) is 18.2. The number of rotatable bonds is 3. The van der Waals surface area contributed by atoms with E-state index in [-0.39, 0.29) is 18.3 Å². The maximum absolute atomic E-state index is 11.9. The summed E-state index contributed by atoms with van der Waals surface area (Å²) in [6, 6.07) is 5.28. The van der Waals surface area contributed by atoms with Crippen molar-refractivity contribution in [1.82, 2.24) is 10.6 Å². The molecule has 1 fully saturated rings. The summed E-state index contributed by atoms with van der Waals surface area (Å²) in [5.41, 5.74) is 0.529. The minimum atomic E-state index is -0.102. The van der Waals surface area contributed by atoms with Crippen molar-refractivity contribution >= 4 is 45.8 Å². The van der Waals surface area contributed by atoms with Crippen LogP contribution in [0, 0.1) is 5.92 Å². The Morgan fingerprint density at radius 1 is 1.56 bits per heavy atom. The zero-order chi connectivity index (χ0) is 12.3. The van der Waals surface area contributed by atoms with Gasteiger partial charge in [0.1, 0.15) is 0 Å². The average Bonchev–Trinajstić information content (AvgIpc) is 2.78. The fraction of sp³-hybridized carbons (Fsp3) is 0.417. The molecule has 1 heterocycles. The van der Waals surface area contributed by atoms with E-state index in [1.807, 2.05) is 6.07 Å². The predicted molar refractivity (Wildman–Crippen MR) is 79.7 cm³/mol. The van der Waals surface area contributed by atoms with Crippen molar-refractivity contribution in [2.75, 3.05) is 19.6 Å². The summed E-state index contributed by atoms with van der Waals surface area (Å²) in [4.78, 5) is 11.9. The molecule has 1 aromatic carbocycles. The van der Waals surface area contributed by atoms with Crippen LogP contribution in [-0.4, -0.2) is 25.5 Å². The molecule has 0 bridgehead atoms. The first-order valence-corrected chi connectivity index (χ1v) is 6.78. The summed E-state index contributed by atoms with van der Waals surface area (Å²) in [7, 11) is 0. The lowest BCUT2D eigenvalue weighted by Gasteiger charge is -2.11. The van der Waals surface area contributed by atoms with Gasteiger partial charge >= 0.3 is 0 Å². The second-order valence-electron chi connectivity index (χ2n) is 4.19. The van der Waals surface area contributed by atoms with Crippen LogP contribution in [0.25, 0.3) is 0 Å². The van der Waals surface area contributed by atoms with Gasteiger partial charge in [-0.3, -0.25) is 4.79 Å². The van der Waals surface area contributed by atoms with Crippen LogP contribution in [0.3, 0.4) is 0 Å². The molecule has 0 aliphatic carbocycles. The predicted octanol–water partition coefficient (Wildman–Crippen LogP) is 2.86. The van der Waals surface area contributed by atoms with E-state index >= 15 is 0 Å². The molecule has 0 saturated carbocycles. The van der Waals surface area contributed by atoms with Crippen LogP contribution in [0.1, 0.15) is 16.8 Å². The van der Waals surface area contributed by atoms with E-state index in [0.29, 0.717) is 23.0 Å². The standard InChI is InChI=1S/C12H14BrClN2O.ClH/c13-9-1-2-10(11(14)5-9)12(17)16-7-8-3-4-15-6-8;/h1-2,5,8,15H,3-4,6-7H2,(H,16,17);1H. The average molecular weight is 354 g/mol. The molecule has 1 aliphatic rings. The number of hydrogen-bond donors (Lipinski definition) is 2. The van der Waals surface area contributed by atoms with Gasteiger partial charge in [-0.25, -0.2) is 0 Å². The van der Waals surface area contributed by atoms with Gasteiger partial charge in [0.25, 0.3) is 5.91 Å². The fourth-order valence-electron chi connectivity index (χ4n) is 1.89. The van der Waals surface area contributed by atoms with Crippen LogP contribution < -0.4 is 10.6 Å². The molecule has 1 aliphatic heterocycles. The van der Waals surface area contributed by atoms with Crippen LogP contribution in [0.5, 0.6) is 0 Å². The van der Waals surface area contributed by atoms with Gasteiger partial charge in [-0.05, 0) is 43.6 Å². The van der Waals surface area contributed by atoms with Gasteiger partial charge in [0.05, 0.1) is 10.6 Å². The highest BCUT2D eigenvalue weighted by atomic mass is 79.9. The first-order chi connectivity index (χ1) is 8.16. The molecule has 1 saturated heterocycles. The molecule has 3 nitrogen and oxygen atoms in total. The Labute approximate surface area is 126 Å². The van der Waals surface area contributed by atoms with Crippen LogP contribution in [0.15, 0.2) is 22.7 Å². The van der Waals surface area contributed by atoms with Crippen molar-refractivity contribution in [3.63, 3.8) is 0 Å². The zero-order valence-electron chi connectivity index (χ0n) is 9.71. The molecular formula is C12H15BrCl2N2O. The Kier molecular flexibility index (Phi) is 6.43. The lowest BCUT2D eigenvalue weighted by molar-refractivity contribution is 0.0948. The van der Waals surface area contributed by atoms with Crippen molar-refractivity contribution in [1.29, 1.82) is 0 Å². The summed E-state index contributed by atoms with van der Waals surface area (Å²) in [6.45, 7) is 2.73. The van der Waals surface area contributed by atoms with Crippen molar-refractivity contribution in [2.45, 2.75) is 6.42 Å². The van der Waals surface area contributed by atoms with Gasteiger partial charge in [0.15, 0.2) is 0 Å². The second-order valence-corrected chi connectivity index (χ2v) is 5.52. The fourth-order valence-corrected chi connectivity index (χ4v) is 2.65. The molecule has 0 aromatic heterocycles. The molecule has 2 N–H and O–H groups in total. The number of hydrogen-bond acceptors (Lipinski definition) is 2. The molecule has 0 radical (unpaired) electrons. The Morgan fingerprint density at radius 3 is 2.94 bits per heavy atom. The second kappa shape index (κ2) is 7.34. The van der Waals surface area contributed by atoms with Gasteiger partial charge in [0.2, 0.25) is 0 Å². The van der Waals surface area contributed by atoms with Crippen LogP contribution in [-0.2, 0) is 0 Å². The molecule has 18 heavy (non-hydrogen) atoms. The van der Waals surface area contributed by atoms with E-state index in [0.717, 1.165) is 24.0 Å². The first kappa shape index (κ1) is 15.8. The topological polar surface area (TPSA) is 41.1 Å². The lowest BCUT2D eigenvalue weighted by atomic mass is 10.1. The minimum Gasteiger partial charge on any atom is -0.352 e. The number of carbonyl (C=O) groups is 1. The number of nitrogens with one attached hydrogen (secondary N) is 2. The van der Waals surface area contributed by atoms with Gasteiger partial charge in [-0.1, -0.05) is 27.5 Å². The van der Waals surface area contributed by atoms with E-state index in [1.54, 1.807) is 12.1 Å². The highest BCUT2D eigenvalue weighted by Gasteiger charge is 2.16. The highest BCUT2D eigenvalue weighted by molar-refractivity contribution is 9.10. The SMILES string of the molecule is Cl.O=C(NCC1CCNC1)c1ccc(Br)cc1Cl. The maximum atomic E-state index is 11.9. The largest absolute Gasteiger partial charge is 0.352 e. The van der Waals surface area contributed by atoms with Crippen LogP contribution in [0.4, 0.5) is 0 Å². The summed E-state index contributed by atoms with van der Waals surface area (Å²) >= 11 is 9.33. The van der Waals surface area contributed by atoms with Crippen LogP contribution in [0.2, 0.25) is 5.02 Å². The Bertz CT molecular complexity index is 423. The van der Waals surface area contributed by atoms with E-state index in [9.17, 15) is 4.79 Å².